The normalized spacial score (nSPS) is 29.2. The van der Waals surface area contributed by atoms with Gasteiger partial charge in [-0.25, -0.2) is 5.43 Å². The molecule has 5 rings (SSSR count). The van der Waals surface area contributed by atoms with Crippen molar-refractivity contribution in [2.45, 2.75) is 18.5 Å². The smallest absolute Gasteiger partial charge is 0.272 e. The number of carbonyl (C=O) groups is 1. The minimum absolute atomic E-state index is 0.221. The maximum absolute atomic E-state index is 12.3. The average Bonchev–Trinajstić information content (AvgIpc) is 3.48. The second-order valence-corrected chi connectivity index (χ2v) is 7.36. The Morgan fingerprint density at radius 1 is 1.32 bits per heavy atom. The molecule has 2 saturated heterocycles. The van der Waals surface area contributed by atoms with Gasteiger partial charge in [-0.15, -0.1) is 0 Å². The van der Waals surface area contributed by atoms with Gasteiger partial charge in [0, 0.05) is 10.9 Å². The van der Waals surface area contributed by atoms with Crippen LogP contribution in [-0.4, -0.2) is 49.5 Å². The first-order chi connectivity index (χ1) is 13.7. The van der Waals surface area contributed by atoms with Crippen molar-refractivity contribution in [2.24, 2.45) is 16.2 Å². The molecule has 1 aromatic carbocycles. The Kier molecular flexibility index (Phi) is 4.34. The summed E-state index contributed by atoms with van der Waals surface area (Å²) in [5, 5.41) is 12.3. The fourth-order valence-electron chi connectivity index (χ4n) is 3.57. The molecule has 28 heavy (non-hydrogen) atoms. The van der Waals surface area contributed by atoms with Crippen molar-refractivity contribution in [1.29, 1.82) is 0 Å². The molecule has 1 N–H and O–H groups in total. The van der Waals surface area contributed by atoms with Crippen LogP contribution in [0.2, 0.25) is 0 Å². The predicted octanol–water partition coefficient (Wildman–Crippen LogP) is 2.02. The van der Waals surface area contributed by atoms with Crippen LogP contribution in [0.5, 0.6) is 5.75 Å². The summed E-state index contributed by atoms with van der Waals surface area (Å²) >= 11 is 1.45. The SMILES string of the molecule is COc1ccc(C2=NOC3C4COC(O4)C(=NNC(=O)c4ccsc4)C23)cc1. The summed E-state index contributed by atoms with van der Waals surface area (Å²) in [6.45, 7) is 0.398. The number of methoxy groups -OCH3 is 1. The maximum atomic E-state index is 12.3. The van der Waals surface area contributed by atoms with E-state index in [4.69, 9.17) is 19.0 Å². The van der Waals surface area contributed by atoms with Gasteiger partial charge in [0.1, 0.15) is 17.6 Å². The molecule has 4 atom stereocenters. The van der Waals surface area contributed by atoms with Crippen LogP contribution < -0.4 is 10.2 Å². The van der Waals surface area contributed by atoms with E-state index in [0.29, 0.717) is 17.9 Å². The minimum atomic E-state index is -0.626. The molecule has 2 aromatic rings. The van der Waals surface area contributed by atoms with Gasteiger partial charge < -0.3 is 19.0 Å². The number of ether oxygens (including phenoxy) is 3. The van der Waals surface area contributed by atoms with Gasteiger partial charge in [0.2, 0.25) is 0 Å². The summed E-state index contributed by atoms with van der Waals surface area (Å²) in [7, 11) is 1.62. The first-order valence-corrected chi connectivity index (χ1v) is 9.74. The Morgan fingerprint density at radius 3 is 2.93 bits per heavy atom. The zero-order valence-electron chi connectivity index (χ0n) is 14.9. The molecule has 0 saturated carbocycles. The number of thiophene rings is 1. The van der Waals surface area contributed by atoms with Gasteiger partial charge in [-0.05, 0) is 35.7 Å². The van der Waals surface area contributed by atoms with Gasteiger partial charge in [0.25, 0.3) is 5.91 Å². The molecule has 0 radical (unpaired) electrons. The van der Waals surface area contributed by atoms with Crippen LogP contribution in [-0.2, 0) is 14.3 Å². The molecule has 8 nitrogen and oxygen atoms in total. The summed E-state index contributed by atoms with van der Waals surface area (Å²) in [5.41, 5.74) is 5.34. The predicted molar refractivity (Wildman–Crippen MR) is 102 cm³/mol. The van der Waals surface area contributed by atoms with Crippen molar-refractivity contribution in [2.75, 3.05) is 13.7 Å². The molecular formula is C19H17N3O5S. The van der Waals surface area contributed by atoms with Crippen molar-refractivity contribution in [3.8, 4) is 5.75 Å². The molecule has 4 unspecified atom stereocenters. The highest BCUT2D eigenvalue weighted by atomic mass is 32.1. The first kappa shape index (κ1) is 17.4. The lowest BCUT2D eigenvalue weighted by molar-refractivity contribution is -0.0812. The van der Waals surface area contributed by atoms with Gasteiger partial charge in [-0.1, -0.05) is 5.16 Å². The van der Waals surface area contributed by atoms with Crippen molar-refractivity contribution in [1.82, 2.24) is 5.43 Å². The number of nitrogens with zero attached hydrogens (tertiary/aromatic N) is 2. The third-order valence-corrected chi connectivity index (χ3v) is 5.67. The van der Waals surface area contributed by atoms with E-state index in [9.17, 15) is 4.79 Å². The Labute approximate surface area is 164 Å². The van der Waals surface area contributed by atoms with Crippen LogP contribution in [0.25, 0.3) is 0 Å². The molecule has 3 aliphatic rings. The Bertz CT molecular complexity index is 941. The van der Waals surface area contributed by atoms with E-state index in [2.05, 4.69) is 15.7 Å². The highest BCUT2D eigenvalue weighted by Gasteiger charge is 2.55. The second kappa shape index (κ2) is 7.01. The van der Waals surface area contributed by atoms with Crippen molar-refractivity contribution >= 4 is 28.7 Å². The number of benzene rings is 1. The van der Waals surface area contributed by atoms with Crippen molar-refractivity contribution in [3.63, 3.8) is 0 Å². The van der Waals surface area contributed by atoms with Crippen LogP contribution in [0.3, 0.4) is 0 Å². The molecule has 4 heterocycles. The van der Waals surface area contributed by atoms with Gasteiger partial charge >= 0.3 is 0 Å². The lowest BCUT2D eigenvalue weighted by Gasteiger charge is -2.30. The lowest BCUT2D eigenvalue weighted by atomic mass is 9.84. The Hall–Kier alpha value is -2.75. The summed E-state index contributed by atoms with van der Waals surface area (Å²) in [6, 6.07) is 9.31. The number of hydrazone groups is 1. The highest BCUT2D eigenvalue weighted by molar-refractivity contribution is 7.08. The van der Waals surface area contributed by atoms with E-state index in [1.165, 1.54) is 11.3 Å². The highest BCUT2D eigenvalue weighted by Crippen LogP contribution is 2.38. The minimum Gasteiger partial charge on any atom is -0.497 e. The van der Waals surface area contributed by atoms with Crippen LogP contribution in [0.15, 0.2) is 51.3 Å². The zero-order chi connectivity index (χ0) is 19.1. The van der Waals surface area contributed by atoms with Gasteiger partial charge in [0.15, 0.2) is 12.4 Å². The largest absolute Gasteiger partial charge is 0.497 e. The number of nitrogens with one attached hydrogen (secondary N) is 1. The molecule has 1 amide bonds. The van der Waals surface area contributed by atoms with Crippen LogP contribution in [0.1, 0.15) is 15.9 Å². The summed E-state index contributed by atoms with van der Waals surface area (Å²) in [4.78, 5) is 18.0. The summed E-state index contributed by atoms with van der Waals surface area (Å²) in [6.07, 6.45) is -1.19. The molecule has 0 aliphatic carbocycles. The van der Waals surface area contributed by atoms with E-state index in [1.54, 1.807) is 18.6 Å². The standard InChI is InChI=1S/C19H17N3O5S/c1-24-12-4-2-10(3-5-12)15-14-16(20-21-18(23)11-6-7-28-9-11)19-25-8-13(26-19)17(14)27-22-15/h2-7,9,13-14,17,19H,8H2,1H3,(H,21,23). The van der Waals surface area contributed by atoms with Gasteiger partial charge in [-0.2, -0.15) is 16.4 Å². The third kappa shape index (κ3) is 2.88. The lowest BCUT2D eigenvalue weighted by Crippen LogP contribution is -2.49. The number of fused-ring (bicyclic) bond motifs is 4. The molecule has 3 aliphatic heterocycles. The quantitative estimate of drug-likeness (QED) is 0.795. The molecule has 2 fully saturated rings. The number of amides is 1. The van der Waals surface area contributed by atoms with Crippen LogP contribution >= 0.6 is 11.3 Å². The average molecular weight is 399 g/mol. The summed E-state index contributed by atoms with van der Waals surface area (Å²) in [5.74, 6) is 0.210. The zero-order valence-corrected chi connectivity index (χ0v) is 15.7. The number of hydrogen-bond donors (Lipinski definition) is 1. The van der Waals surface area contributed by atoms with Crippen molar-refractivity contribution < 1.29 is 23.8 Å². The van der Waals surface area contributed by atoms with Gasteiger partial charge in [0.05, 0.1) is 30.9 Å². The van der Waals surface area contributed by atoms with E-state index in [-0.39, 0.29) is 24.0 Å². The maximum Gasteiger partial charge on any atom is 0.272 e. The van der Waals surface area contributed by atoms with E-state index in [1.807, 2.05) is 29.6 Å². The number of carbonyl (C=O) groups excluding carboxylic acids is 1. The fourth-order valence-corrected chi connectivity index (χ4v) is 4.20. The second-order valence-electron chi connectivity index (χ2n) is 6.58. The molecule has 144 valence electrons. The Balaban J connectivity index is 1.45. The molecule has 0 spiro atoms. The molecule has 9 heteroatoms. The van der Waals surface area contributed by atoms with Crippen LogP contribution in [0, 0.1) is 5.92 Å². The first-order valence-electron chi connectivity index (χ1n) is 8.80. The van der Waals surface area contributed by atoms with E-state index < -0.39 is 6.29 Å². The van der Waals surface area contributed by atoms with Gasteiger partial charge in [-0.3, -0.25) is 4.79 Å². The van der Waals surface area contributed by atoms with E-state index in [0.717, 1.165) is 17.0 Å². The number of hydrogen-bond acceptors (Lipinski definition) is 8. The monoisotopic (exact) mass is 399 g/mol. The molecule has 1 aromatic heterocycles. The molecular weight excluding hydrogens is 382 g/mol. The third-order valence-electron chi connectivity index (χ3n) is 4.99. The fraction of sp³-hybridized carbons (Fsp3) is 0.316. The van der Waals surface area contributed by atoms with Crippen LogP contribution in [0.4, 0.5) is 0 Å². The number of oxime groups is 1. The Morgan fingerprint density at radius 2 is 2.18 bits per heavy atom. The van der Waals surface area contributed by atoms with E-state index >= 15 is 0 Å². The van der Waals surface area contributed by atoms with Crippen molar-refractivity contribution in [3.05, 3.63) is 52.2 Å². The topological polar surface area (TPSA) is 90.7 Å². The molecule has 2 bridgehead atoms. The number of rotatable bonds is 4. The summed E-state index contributed by atoms with van der Waals surface area (Å²) < 4.78 is 16.8.